The van der Waals surface area contributed by atoms with Crippen LogP contribution in [0.2, 0.25) is 0 Å². The molecule has 2 rings (SSSR count). The minimum absolute atomic E-state index is 0.0467. The molecular weight excluding hydrogens is 252 g/mol. The Morgan fingerprint density at radius 2 is 2.33 bits per heavy atom. The van der Waals surface area contributed by atoms with Crippen LogP contribution in [0.5, 0.6) is 0 Å². The van der Waals surface area contributed by atoms with Crippen LogP contribution in [0.3, 0.4) is 0 Å². The molecular formula is C11H16N4O2S. The first kappa shape index (κ1) is 13.0. The molecule has 2 aromatic rings. The molecule has 2 aromatic heterocycles. The topological polar surface area (TPSA) is 86.5 Å². The maximum absolute atomic E-state index is 11.1. The molecule has 0 radical (unpaired) electrons. The molecule has 0 fully saturated rings. The number of nitro groups is 1. The van der Waals surface area contributed by atoms with E-state index >= 15 is 0 Å². The first-order chi connectivity index (χ1) is 8.49. The summed E-state index contributed by atoms with van der Waals surface area (Å²) in [4.78, 5) is 15.7. The number of nitrogens with two attached hydrogens (primary N) is 1. The van der Waals surface area contributed by atoms with Crippen LogP contribution < -0.4 is 5.73 Å². The zero-order chi connectivity index (χ0) is 13.3. The zero-order valence-corrected chi connectivity index (χ0v) is 11.2. The van der Waals surface area contributed by atoms with Gasteiger partial charge in [0.1, 0.15) is 11.9 Å². The fraction of sp³-hybridized carbons (Fsp3) is 0.545. The Hall–Kier alpha value is -1.47. The minimum atomic E-state index is -0.385. The van der Waals surface area contributed by atoms with E-state index in [0.717, 1.165) is 6.42 Å². The molecule has 0 aromatic carbocycles. The Labute approximate surface area is 109 Å². The summed E-state index contributed by atoms with van der Waals surface area (Å²) in [5, 5.41) is 12.9. The van der Waals surface area contributed by atoms with Crippen molar-refractivity contribution in [3.63, 3.8) is 0 Å². The van der Waals surface area contributed by atoms with Crippen LogP contribution in [0, 0.1) is 16.0 Å². The van der Waals surface area contributed by atoms with Gasteiger partial charge in [-0.15, -0.1) is 0 Å². The van der Waals surface area contributed by atoms with Crippen LogP contribution in [0.4, 0.5) is 5.82 Å². The molecule has 0 spiro atoms. The van der Waals surface area contributed by atoms with E-state index in [2.05, 4.69) is 18.8 Å². The van der Waals surface area contributed by atoms with Gasteiger partial charge in [-0.2, -0.15) is 9.38 Å². The van der Waals surface area contributed by atoms with E-state index in [1.807, 2.05) is 0 Å². The Kier molecular flexibility index (Phi) is 3.63. The zero-order valence-electron chi connectivity index (χ0n) is 10.4. The molecule has 0 amide bonds. The van der Waals surface area contributed by atoms with Crippen LogP contribution >= 0.6 is 11.3 Å². The van der Waals surface area contributed by atoms with E-state index in [4.69, 9.17) is 5.73 Å². The molecule has 7 heteroatoms. The van der Waals surface area contributed by atoms with Crippen molar-refractivity contribution >= 4 is 22.1 Å². The van der Waals surface area contributed by atoms with Crippen molar-refractivity contribution in [3.8, 4) is 0 Å². The monoisotopic (exact) mass is 268 g/mol. The number of nitrogens with zero attached hydrogens (tertiary/aromatic N) is 3. The maximum Gasteiger partial charge on any atom is 0.351 e. The molecule has 98 valence electrons. The lowest BCUT2D eigenvalue weighted by molar-refractivity contribution is -0.391. The van der Waals surface area contributed by atoms with Crippen molar-refractivity contribution in [2.75, 3.05) is 0 Å². The van der Waals surface area contributed by atoms with Gasteiger partial charge in [0.15, 0.2) is 0 Å². The highest BCUT2D eigenvalue weighted by molar-refractivity contribution is 7.15. The van der Waals surface area contributed by atoms with Crippen molar-refractivity contribution in [2.45, 2.75) is 32.7 Å². The molecule has 1 atom stereocenters. The highest BCUT2D eigenvalue weighted by atomic mass is 32.1. The Bertz CT molecular complexity index is 560. The molecule has 0 saturated carbocycles. The summed E-state index contributed by atoms with van der Waals surface area (Å²) in [6.07, 6.45) is 2.95. The summed E-state index contributed by atoms with van der Waals surface area (Å²) < 4.78 is 1.52. The largest absolute Gasteiger partial charge is 0.358 e. The average Bonchev–Trinajstić information content (AvgIpc) is 2.74. The lowest BCUT2D eigenvalue weighted by Gasteiger charge is -2.12. The molecule has 0 aliphatic carbocycles. The molecule has 6 nitrogen and oxygen atoms in total. The van der Waals surface area contributed by atoms with Gasteiger partial charge < -0.3 is 15.8 Å². The fourth-order valence-electron chi connectivity index (χ4n) is 2.09. The van der Waals surface area contributed by atoms with Gasteiger partial charge in [-0.1, -0.05) is 25.2 Å². The smallest absolute Gasteiger partial charge is 0.351 e. The third kappa shape index (κ3) is 2.51. The van der Waals surface area contributed by atoms with Crippen LogP contribution in [0.1, 0.15) is 26.0 Å². The van der Waals surface area contributed by atoms with Crippen molar-refractivity contribution < 1.29 is 4.92 Å². The fourth-order valence-corrected chi connectivity index (χ4v) is 2.81. The van der Waals surface area contributed by atoms with Crippen LogP contribution in [-0.4, -0.2) is 20.3 Å². The second-order valence-corrected chi connectivity index (χ2v) is 5.66. The Morgan fingerprint density at radius 3 is 2.94 bits per heavy atom. The van der Waals surface area contributed by atoms with E-state index in [1.165, 1.54) is 15.7 Å². The molecule has 0 bridgehead atoms. The van der Waals surface area contributed by atoms with Crippen LogP contribution in [-0.2, 0) is 6.42 Å². The van der Waals surface area contributed by atoms with Crippen molar-refractivity contribution in [2.24, 2.45) is 11.7 Å². The molecule has 0 aliphatic rings. The van der Waals surface area contributed by atoms with Gasteiger partial charge in [-0.25, -0.2) is 0 Å². The lowest BCUT2D eigenvalue weighted by atomic mass is 10.0. The quantitative estimate of drug-likeness (QED) is 0.665. The number of aromatic nitrogens is 2. The maximum atomic E-state index is 11.1. The highest BCUT2D eigenvalue weighted by Gasteiger charge is 2.24. The minimum Gasteiger partial charge on any atom is -0.358 e. The van der Waals surface area contributed by atoms with E-state index in [0.29, 0.717) is 23.0 Å². The predicted octanol–water partition coefficient (Wildman–Crippen LogP) is 2.22. The number of fused-ring (bicyclic) bond motifs is 1. The van der Waals surface area contributed by atoms with E-state index in [9.17, 15) is 10.1 Å². The summed E-state index contributed by atoms with van der Waals surface area (Å²) >= 11 is 1.39. The highest BCUT2D eigenvalue weighted by Crippen LogP contribution is 2.25. The molecule has 0 saturated heterocycles. The third-order valence-corrected chi connectivity index (χ3v) is 3.47. The van der Waals surface area contributed by atoms with Gasteiger partial charge in [-0.3, -0.25) is 0 Å². The van der Waals surface area contributed by atoms with E-state index < -0.39 is 0 Å². The van der Waals surface area contributed by atoms with Gasteiger partial charge in [0, 0.05) is 17.8 Å². The standard InChI is InChI=1S/C11H16N4O2S/c1-7(2)5-8(12)6-9-10(15(16)17)14-3-4-18-11(14)13-9/h3-4,7-8H,5-6,12H2,1-2H3. The predicted molar refractivity (Wildman–Crippen MR) is 70.9 cm³/mol. The van der Waals surface area contributed by atoms with Crippen LogP contribution in [0.15, 0.2) is 11.6 Å². The summed E-state index contributed by atoms with van der Waals surface area (Å²) in [5.74, 6) is 0.522. The third-order valence-electron chi connectivity index (χ3n) is 2.71. The number of rotatable bonds is 5. The van der Waals surface area contributed by atoms with E-state index in [1.54, 1.807) is 11.6 Å². The first-order valence-electron chi connectivity index (χ1n) is 5.83. The van der Waals surface area contributed by atoms with Gasteiger partial charge in [-0.05, 0) is 17.3 Å². The first-order valence-corrected chi connectivity index (χ1v) is 6.71. The van der Waals surface area contributed by atoms with E-state index in [-0.39, 0.29) is 16.8 Å². The van der Waals surface area contributed by atoms with Crippen molar-refractivity contribution in [1.82, 2.24) is 9.38 Å². The number of hydrogen-bond acceptors (Lipinski definition) is 5. The second kappa shape index (κ2) is 5.03. The molecule has 18 heavy (non-hydrogen) atoms. The molecule has 0 aliphatic heterocycles. The number of thiazole rings is 1. The lowest BCUT2D eigenvalue weighted by Crippen LogP contribution is -2.25. The molecule has 1 unspecified atom stereocenters. The SMILES string of the molecule is CC(C)CC(N)Cc1nc2sccn2c1[N+](=O)[O-]. The summed E-state index contributed by atoms with van der Waals surface area (Å²) in [5.41, 5.74) is 6.48. The summed E-state index contributed by atoms with van der Waals surface area (Å²) in [6.45, 7) is 4.17. The summed E-state index contributed by atoms with van der Waals surface area (Å²) in [6, 6.07) is -0.0895. The molecule has 2 heterocycles. The molecule has 2 N–H and O–H groups in total. The van der Waals surface area contributed by atoms with Crippen LogP contribution in [0.25, 0.3) is 4.96 Å². The van der Waals surface area contributed by atoms with Gasteiger partial charge in [0.25, 0.3) is 4.96 Å². The number of imidazole rings is 1. The Morgan fingerprint density at radius 1 is 1.61 bits per heavy atom. The van der Waals surface area contributed by atoms with Crippen molar-refractivity contribution in [1.29, 1.82) is 0 Å². The van der Waals surface area contributed by atoms with Gasteiger partial charge >= 0.3 is 5.82 Å². The van der Waals surface area contributed by atoms with Crippen molar-refractivity contribution in [3.05, 3.63) is 27.4 Å². The van der Waals surface area contributed by atoms with Gasteiger partial charge in [0.05, 0.1) is 0 Å². The normalized spacial score (nSPS) is 13.3. The Balaban J connectivity index is 2.29. The summed E-state index contributed by atoms with van der Waals surface area (Å²) in [7, 11) is 0. The average molecular weight is 268 g/mol. The van der Waals surface area contributed by atoms with Gasteiger partial charge in [0.2, 0.25) is 0 Å². The second-order valence-electron chi connectivity index (χ2n) is 4.79. The number of hydrogen-bond donors (Lipinski definition) is 1.